The van der Waals surface area contributed by atoms with Gasteiger partial charge in [0.1, 0.15) is 0 Å². The first kappa shape index (κ1) is 13.3. The molecular weight excluding hydrogens is 284 g/mol. The Kier molecular flexibility index (Phi) is 3.06. The lowest BCUT2D eigenvalue weighted by atomic mass is 9.55. The van der Waals surface area contributed by atoms with Gasteiger partial charge in [-0.25, -0.2) is 4.83 Å². The Hall–Kier alpha value is -1.36. The molecule has 4 bridgehead atoms. The Morgan fingerprint density at radius 3 is 2.05 bits per heavy atom. The van der Waals surface area contributed by atoms with Gasteiger partial charge in [-0.3, -0.25) is 0 Å². The Morgan fingerprint density at radius 2 is 1.48 bits per heavy atom. The molecule has 4 aliphatic rings. The third kappa shape index (κ3) is 2.37. The predicted molar refractivity (Wildman–Crippen MR) is 81.2 cm³/mol. The van der Waals surface area contributed by atoms with E-state index < -0.39 is 10.0 Å². The van der Waals surface area contributed by atoms with Crippen LogP contribution in [0.1, 0.15) is 32.1 Å². The molecule has 0 heterocycles. The minimum atomic E-state index is -3.53. The van der Waals surface area contributed by atoms with Crippen LogP contribution in [-0.4, -0.2) is 14.1 Å². The van der Waals surface area contributed by atoms with Crippen LogP contribution in [0.15, 0.2) is 40.3 Å². The summed E-state index contributed by atoms with van der Waals surface area (Å²) >= 11 is 0. The molecule has 21 heavy (non-hydrogen) atoms. The summed E-state index contributed by atoms with van der Waals surface area (Å²) in [6.45, 7) is 0. The molecule has 112 valence electrons. The van der Waals surface area contributed by atoms with Crippen molar-refractivity contribution in [3.05, 3.63) is 30.3 Å². The Morgan fingerprint density at radius 1 is 0.905 bits per heavy atom. The quantitative estimate of drug-likeness (QED) is 0.873. The third-order valence-electron chi connectivity index (χ3n) is 5.32. The molecular formula is C16H20N2O2S. The van der Waals surface area contributed by atoms with Crippen molar-refractivity contribution in [2.45, 2.75) is 37.0 Å². The van der Waals surface area contributed by atoms with E-state index in [0.29, 0.717) is 11.8 Å². The van der Waals surface area contributed by atoms with Crippen molar-refractivity contribution in [2.75, 3.05) is 0 Å². The zero-order valence-electron chi connectivity index (χ0n) is 11.9. The largest absolute Gasteiger partial charge is 0.276 e. The summed E-state index contributed by atoms with van der Waals surface area (Å²) in [4.78, 5) is 2.74. The van der Waals surface area contributed by atoms with Gasteiger partial charge in [0.2, 0.25) is 0 Å². The maximum absolute atomic E-state index is 12.2. The topological polar surface area (TPSA) is 58.5 Å². The standard InChI is InChI=1S/C16H20N2O2S/c19-21(20,15-4-2-1-3-5-15)18-17-16-13-7-11-6-12(9-13)10-14(16)8-11/h1-5,11-14,18H,6-10H2. The lowest BCUT2D eigenvalue weighted by molar-refractivity contribution is 0.108. The molecule has 4 nitrogen and oxygen atoms in total. The van der Waals surface area contributed by atoms with Gasteiger partial charge in [-0.2, -0.15) is 13.5 Å². The normalized spacial score (nSPS) is 34.0. The summed E-state index contributed by atoms with van der Waals surface area (Å²) in [7, 11) is -3.53. The van der Waals surface area contributed by atoms with E-state index in [1.807, 2.05) is 6.07 Å². The van der Waals surface area contributed by atoms with Crippen molar-refractivity contribution < 1.29 is 8.42 Å². The van der Waals surface area contributed by atoms with E-state index in [0.717, 1.165) is 17.5 Å². The molecule has 0 saturated heterocycles. The summed E-state index contributed by atoms with van der Waals surface area (Å²) < 4.78 is 24.5. The van der Waals surface area contributed by atoms with Crippen LogP contribution in [-0.2, 0) is 10.0 Å². The molecule has 0 aliphatic heterocycles. The molecule has 0 aromatic heterocycles. The second-order valence-electron chi connectivity index (χ2n) is 6.75. The second-order valence-corrected chi connectivity index (χ2v) is 8.41. The molecule has 4 saturated carbocycles. The number of sulfonamides is 1. The smallest absolute Gasteiger partial charge is 0.200 e. The van der Waals surface area contributed by atoms with E-state index in [2.05, 4.69) is 9.93 Å². The van der Waals surface area contributed by atoms with Crippen molar-refractivity contribution >= 4 is 15.7 Å². The van der Waals surface area contributed by atoms with Gasteiger partial charge in [0.05, 0.1) is 4.90 Å². The number of hydrazone groups is 1. The second kappa shape index (κ2) is 4.83. The van der Waals surface area contributed by atoms with Crippen LogP contribution in [0.2, 0.25) is 0 Å². The van der Waals surface area contributed by atoms with Crippen LogP contribution in [0, 0.1) is 23.7 Å². The predicted octanol–water partition coefficient (Wildman–Crippen LogP) is 2.78. The lowest BCUT2D eigenvalue weighted by Gasteiger charge is -2.50. The van der Waals surface area contributed by atoms with Crippen LogP contribution < -0.4 is 4.83 Å². The zero-order chi connectivity index (χ0) is 14.4. The fourth-order valence-electron chi connectivity index (χ4n) is 4.61. The maximum Gasteiger partial charge on any atom is 0.276 e. The molecule has 0 spiro atoms. The first-order valence-corrected chi connectivity index (χ1v) is 9.24. The minimum absolute atomic E-state index is 0.276. The van der Waals surface area contributed by atoms with E-state index >= 15 is 0 Å². The molecule has 1 aromatic rings. The van der Waals surface area contributed by atoms with E-state index in [1.54, 1.807) is 24.3 Å². The van der Waals surface area contributed by atoms with Gasteiger partial charge in [-0.1, -0.05) is 18.2 Å². The van der Waals surface area contributed by atoms with E-state index in [4.69, 9.17) is 0 Å². The average molecular weight is 304 g/mol. The number of rotatable bonds is 3. The van der Waals surface area contributed by atoms with Crippen molar-refractivity contribution in [3.63, 3.8) is 0 Å². The number of hydrogen-bond donors (Lipinski definition) is 1. The summed E-state index contributed by atoms with van der Waals surface area (Å²) in [6.07, 6.45) is 6.21. The fourth-order valence-corrected chi connectivity index (χ4v) is 5.46. The van der Waals surface area contributed by atoms with Gasteiger partial charge in [-0.05, 0) is 67.9 Å². The molecule has 0 amide bonds. The lowest BCUT2D eigenvalue weighted by Crippen LogP contribution is -2.46. The molecule has 0 radical (unpaired) electrons. The highest BCUT2D eigenvalue weighted by atomic mass is 32.2. The first-order chi connectivity index (χ1) is 10.1. The molecule has 0 atom stereocenters. The molecule has 1 aromatic carbocycles. The van der Waals surface area contributed by atoms with Crippen LogP contribution in [0.3, 0.4) is 0 Å². The molecule has 4 fully saturated rings. The SMILES string of the molecule is O=S(=O)(NN=C1C2CC3CC(C2)CC1C3)c1ccccc1. The zero-order valence-corrected chi connectivity index (χ0v) is 12.7. The van der Waals surface area contributed by atoms with Gasteiger partial charge < -0.3 is 0 Å². The van der Waals surface area contributed by atoms with Crippen molar-refractivity contribution in [3.8, 4) is 0 Å². The van der Waals surface area contributed by atoms with Crippen LogP contribution in [0.25, 0.3) is 0 Å². The van der Waals surface area contributed by atoms with Crippen molar-refractivity contribution in [1.29, 1.82) is 0 Å². The monoisotopic (exact) mass is 304 g/mol. The van der Waals surface area contributed by atoms with Gasteiger partial charge in [0, 0.05) is 5.71 Å². The van der Waals surface area contributed by atoms with E-state index in [-0.39, 0.29) is 4.90 Å². The van der Waals surface area contributed by atoms with Crippen molar-refractivity contribution in [2.24, 2.45) is 28.8 Å². The number of nitrogens with zero attached hydrogens (tertiary/aromatic N) is 1. The van der Waals surface area contributed by atoms with Crippen LogP contribution >= 0.6 is 0 Å². The molecule has 5 heteroatoms. The number of hydrogen-bond acceptors (Lipinski definition) is 3. The Bertz CT molecular complexity index is 637. The third-order valence-corrected chi connectivity index (χ3v) is 6.55. The maximum atomic E-state index is 12.2. The Labute approximate surface area is 125 Å². The highest BCUT2D eigenvalue weighted by molar-refractivity contribution is 7.89. The summed E-state index contributed by atoms with van der Waals surface area (Å²) in [5.41, 5.74) is 1.11. The highest BCUT2D eigenvalue weighted by Crippen LogP contribution is 2.52. The average Bonchev–Trinajstić information content (AvgIpc) is 2.47. The summed E-state index contributed by atoms with van der Waals surface area (Å²) in [6, 6.07) is 8.46. The molecule has 5 rings (SSSR count). The molecule has 4 aliphatic carbocycles. The molecule has 0 unspecified atom stereocenters. The summed E-state index contributed by atoms with van der Waals surface area (Å²) in [5, 5.41) is 4.35. The number of benzene rings is 1. The highest BCUT2D eigenvalue weighted by Gasteiger charge is 2.46. The van der Waals surface area contributed by atoms with Gasteiger partial charge in [-0.15, -0.1) is 0 Å². The minimum Gasteiger partial charge on any atom is -0.200 e. The fraction of sp³-hybridized carbons (Fsp3) is 0.562. The van der Waals surface area contributed by atoms with Crippen molar-refractivity contribution in [1.82, 2.24) is 4.83 Å². The van der Waals surface area contributed by atoms with Gasteiger partial charge in [0.15, 0.2) is 0 Å². The summed E-state index contributed by atoms with van der Waals surface area (Å²) in [5.74, 6) is 2.74. The van der Waals surface area contributed by atoms with Crippen LogP contribution in [0.4, 0.5) is 0 Å². The Balaban J connectivity index is 1.56. The van der Waals surface area contributed by atoms with E-state index in [1.165, 1.54) is 32.1 Å². The first-order valence-electron chi connectivity index (χ1n) is 7.76. The number of nitrogens with one attached hydrogen (secondary N) is 1. The van der Waals surface area contributed by atoms with E-state index in [9.17, 15) is 8.42 Å². The molecule has 1 N–H and O–H groups in total. The van der Waals surface area contributed by atoms with Crippen LogP contribution in [0.5, 0.6) is 0 Å². The van der Waals surface area contributed by atoms with Gasteiger partial charge >= 0.3 is 0 Å². The van der Waals surface area contributed by atoms with Gasteiger partial charge in [0.25, 0.3) is 10.0 Å².